The summed E-state index contributed by atoms with van der Waals surface area (Å²) in [6.07, 6.45) is 8.09. The van der Waals surface area contributed by atoms with Gasteiger partial charge in [-0.2, -0.15) is 0 Å². The molecule has 2 atom stereocenters. The molecule has 5 nitrogen and oxygen atoms in total. The lowest BCUT2D eigenvalue weighted by atomic mass is 10.1. The molecule has 25 heavy (non-hydrogen) atoms. The summed E-state index contributed by atoms with van der Waals surface area (Å²) in [4.78, 5) is 3.18. The molecule has 2 aromatic rings. The van der Waals surface area contributed by atoms with E-state index in [4.69, 9.17) is 17.3 Å². The van der Waals surface area contributed by atoms with Crippen LogP contribution in [0.5, 0.6) is 0 Å². The number of nitrogens with one attached hydrogen (secondary N) is 4. The van der Waals surface area contributed by atoms with Gasteiger partial charge in [0.25, 0.3) is 0 Å². The number of hydrogen-bond acceptors (Lipinski definition) is 4. The fourth-order valence-electron chi connectivity index (χ4n) is 2.88. The second-order valence-corrected chi connectivity index (χ2v) is 6.39. The van der Waals surface area contributed by atoms with Gasteiger partial charge in [-0.25, -0.2) is 0 Å². The molecule has 1 aromatic heterocycles. The van der Waals surface area contributed by atoms with Gasteiger partial charge < -0.3 is 26.7 Å². The lowest BCUT2D eigenvalue weighted by molar-refractivity contribution is 0.567. The van der Waals surface area contributed by atoms with Crippen molar-refractivity contribution in [2.75, 3.05) is 23.5 Å². The van der Waals surface area contributed by atoms with Gasteiger partial charge in [-0.15, -0.1) is 11.6 Å². The number of H-pyrrole nitrogens is 1. The summed E-state index contributed by atoms with van der Waals surface area (Å²) in [5.41, 5.74) is 9.22. The van der Waals surface area contributed by atoms with Crippen molar-refractivity contribution in [2.45, 2.75) is 19.0 Å². The molecule has 0 aliphatic carbocycles. The minimum atomic E-state index is 0.0123. The van der Waals surface area contributed by atoms with Crippen molar-refractivity contribution in [3.8, 4) is 0 Å². The Labute approximate surface area is 153 Å². The summed E-state index contributed by atoms with van der Waals surface area (Å²) < 4.78 is 0. The summed E-state index contributed by atoms with van der Waals surface area (Å²) in [6.45, 7) is 2.81. The molecule has 6 N–H and O–H groups in total. The van der Waals surface area contributed by atoms with E-state index in [0.29, 0.717) is 18.1 Å². The van der Waals surface area contributed by atoms with Crippen molar-refractivity contribution in [1.29, 1.82) is 0 Å². The van der Waals surface area contributed by atoms with E-state index in [2.05, 4.69) is 58.2 Å². The first-order valence-corrected chi connectivity index (χ1v) is 8.95. The van der Waals surface area contributed by atoms with E-state index in [9.17, 15) is 0 Å². The first-order chi connectivity index (χ1) is 12.2. The van der Waals surface area contributed by atoms with Crippen molar-refractivity contribution in [2.24, 2.45) is 0 Å². The molecule has 1 aromatic carbocycles. The number of aromatic nitrogens is 1. The van der Waals surface area contributed by atoms with Crippen LogP contribution in [0.3, 0.4) is 0 Å². The largest absolute Gasteiger partial charge is 0.395 e. The van der Waals surface area contributed by atoms with Gasteiger partial charge in [0.05, 0.1) is 17.6 Å². The summed E-state index contributed by atoms with van der Waals surface area (Å²) in [5, 5.41) is 10.2. The number of nitrogens with two attached hydrogens (primary N) is 1. The Morgan fingerprint density at radius 2 is 2.08 bits per heavy atom. The number of hydrogen-bond donors (Lipinski definition) is 5. The quantitative estimate of drug-likeness (QED) is 0.490. The molecule has 0 radical (unpaired) electrons. The fraction of sp³-hybridized carbons (Fsp3) is 0.263. The van der Waals surface area contributed by atoms with E-state index in [1.165, 1.54) is 5.56 Å². The summed E-state index contributed by atoms with van der Waals surface area (Å²) in [5.74, 6) is 2.32. The predicted molar refractivity (Wildman–Crippen MR) is 106 cm³/mol. The lowest BCUT2D eigenvalue weighted by Gasteiger charge is -2.25. The standard InChI is InChI=1S/C19H24ClN5/c1-13(14-6-3-2-4-7-14)24-17-9-5-8-16(25-17)15-12-23-19(18(15)21)22-11-10-20/h2-9,12-13,16,22-25H,10-11,21H2,1H3/t13-,16?/m0/s1. The monoisotopic (exact) mass is 357 g/mol. The van der Waals surface area contributed by atoms with Crippen molar-refractivity contribution >= 4 is 23.1 Å². The number of allylic oxidation sites excluding steroid dienone is 2. The van der Waals surface area contributed by atoms with Crippen LogP contribution in [0.2, 0.25) is 0 Å². The van der Waals surface area contributed by atoms with Crippen LogP contribution in [0, 0.1) is 0 Å². The molecule has 0 amide bonds. The van der Waals surface area contributed by atoms with Crippen LogP contribution in [-0.4, -0.2) is 17.4 Å². The Morgan fingerprint density at radius 1 is 1.28 bits per heavy atom. The minimum Gasteiger partial charge on any atom is -0.395 e. The van der Waals surface area contributed by atoms with Gasteiger partial charge in [-0.05, 0) is 18.6 Å². The van der Waals surface area contributed by atoms with Gasteiger partial charge in [0.2, 0.25) is 0 Å². The van der Waals surface area contributed by atoms with Crippen LogP contribution in [-0.2, 0) is 0 Å². The highest BCUT2D eigenvalue weighted by atomic mass is 35.5. The number of rotatable bonds is 7. The van der Waals surface area contributed by atoms with E-state index in [0.717, 1.165) is 17.2 Å². The minimum absolute atomic E-state index is 0.0123. The van der Waals surface area contributed by atoms with Gasteiger partial charge >= 0.3 is 0 Å². The average molecular weight is 358 g/mol. The van der Waals surface area contributed by atoms with E-state index >= 15 is 0 Å². The highest BCUT2D eigenvalue weighted by Gasteiger charge is 2.19. The summed E-state index contributed by atoms with van der Waals surface area (Å²) in [7, 11) is 0. The maximum Gasteiger partial charge on any atom is 0.127 e. The van der Waals surface area contributed by atoms with Crippen LogP contribution in [0.25, 0.3) is 0 Å². The number of dihydropyridines is 1. The number of nitrogen functional groups attached to an aromatic ring is 1. The molecule has 0 fully saturated rings. The summed E-state index contributed by atoms with van der Waals surface area (Å²) in [6, 6.07) is 10.6. The smallest absolute Gasteiger partial charge is 0.127 e. The molecular weight excluding hydrogens is 334 g/mol. The van der Waals surface area contributed by atoms with Crippen LogP contribution in [0.1, 0.15) is 30.1 Å². The van der Waals surface area contributed by atoms with Crippen LogP contribution in [0.4, 0.5) is 11.5 Å². The zero-order valence-electron chi connectivity index (χ0n) is 14.2. The zero-order chi connectivity index (χ0) is 17.6. The molecule has 0 spiro atoms. The van der Waals surface area contributed by atoms with Crippen molar-refractivity contribution < 1.29 is 0 Å². The molecular formula is C19H24ClN5. The van der Waals surface area contributed by atoms with Crippen molar-refractivity contribution in [1.82, 2.24) is 15.6 Å². The van der Waals surface area contributed by atoms with Gasteiger partial charge in [0.15, 0.2) is 0 Å². The van der Waals surface area contributed by atoms with Gasteiger partial charge in [-0.1, -0.05) is 42.5 Å². The Kier molecular flexibility index (Phi) is 5.56. The highest BCUT2D eigenvalue weighted by Crippen LogP contribution is 2.30. The third-order valence-corrected chi connectivity index (χ3v) is 4.42. The lowest BCUT2D eigenvalue weighted by Crippen LogP contribution is -2.32. The first kappa shape index (κ1) is 17.3. The number of alkyl halides is 1. The SMILES string of the molecule is C[C@H](NC1=CC=CC(c2c[nH]c(NCCCl)c2N)N1)c1ccccc1. The average Bonchev–Trinajstić information content (AvgIpc) is 3.01. The summed E-state index contributed by atoms with van der Waals surface area (Å²) >= 11 is 5.72. The van der Waals surface area contributed by atoms with Crippen LogP contribution < -0.4 is 21.7 Å². The third-order valence-electron chi connectivity index (χ3n) is 4.23. The van der Waals surface area contributed by atoms with Crippen molar-refractivity contribution in [3.63, 3.8) is 0 Å². The van der Waals surface area contributed by atoms with Crippen LogP contribution >= 0.6 is 11.6 Å². The van der Waals surface area contributed by atoms with Crippen LogP contribution in [0.15, 0.2) is 60.6 Å². The third kappa shape index (κ3) is 4.12. The second-order valence-electron chi connectivity index (χ2n) is 6.01. The second kappa shape index (κ2) is 8.03. The van der Waals surface area contributed by atoms with Gasteiger partial charge in [0, 0.05) is 30.2 Å². The molecule has 2 heterocycles. The fourth-order valence-corrected chi connectivity index (χ4v) is 2.98. The highest BCUT2D eigenvalue weighted by molar-refractivity contribution is 6.18. The topological polar surface area (TPSA) is 77.9 Å². The first-order valence-electron chi connectivity index (χ1n) is 8.42. The molecule has 3 rings (SSSR count). The molecule has 132 valence electrons. The molecule has 0 saturated carbocycles. The van der Waals surface area contributed by atoms with Gasteiger partial charge in [-0.3, -0.25) is 0 Å². The molecule has 1 aliphatic rings. The predicted octanol–water partition coefficient (Wildman–Crippen LogP) is 3.64. The van der Waals surface area contributed by atoms with Gasteiger partial charge in [0.1, 0.15) is 5.82 Å². The number of benzene rings is 1. The van der Waals surface area contributed by atoms with Crippen molar-refractivity contribution in [3.05, 3.63) is 71.7 Å². The molecule has 6 heteroatoms. The van der Waals surface area contributed by atoms with E-state index in [-0.39, 0.29) is 12.1 Å². The molecule has 1 unspecified atom stereocenters. The van der Waals surface area contributed by atoms with E-state index in [1.54, 1.807) is 0 Å². The maximum absolute atomic E-state index is 6.26. The molecule has 0 saturated heterocycles. The number of anilines is 2. The maximum atomic E-state index is 6.26. The normalized spacial score (nSPS) is 17.5. The van der Waals surface area contributed by atoms with E-state index in [1.807, 2.05) is 24.4 Å². The Bertz CT molecular complexity index is 750. The Morgan fingerprint density at radius 3 is 2.84 bits per heavy atom. The Hall–Kier alpha value is -2.53. The molecule has 0 bridgehead atoms. The zero-order valence-corrected chi connectivity index (χ0v) is 15.0. The number of aromatic amines is 1. The van der Waals surface area contributed by atoms with E-state index < -0.39 is 0 Å². The number of halogens is 1. The molecule has 1 aliphatic heterocycles. The Balaban J connectivity index is 1.66.